The topological polar surface area (TPSA) is 52.9 Å². The Balaban J connectivity index is 2.03. The fraction of sp³-hybridized carbons (Fsp3) is 0.647. The van der Waals surface area contributed by atoms with Gasteiger partial charge in [0.25, 0.3) is 0 Å². The summed E-state index contributed by atoms with van der Waals surface area (Å²) in [4.78, 5) is 1.88. The van der Waals surface area contributed by atoms with E-state index in [9.17, 15) is 19.0 Å². The first-order valence-electron chi connectivity index (χ1n) is 7.85. The van der Waals surface area contributed by atoms with Gasteiger partial charge in [0.05, 0.1) is 24.4 Å². The van der Waals surface area contributed by atoms with Gasteiger partial charge in [-0.3, -0.25) is 4.90 Å². The molecule has 0 aliphatic carbocycles. The molecule has 0 bridgehead atoms. The maximum Gasteiger partial charge on any atom is 0.159 e. The van der Waals surface area contributed by atoms with Gasteiger partial charge in [-0.1, -0.05) is 6.07 Å². The minimum absolute atomic E-state index is 0.181. The second-order valence-electron chi connectivity index (χ2n) is 7.11. The summed E-state index contributed by atoms with van der Waals surface area (Å²) in [5.74, 6) is -1.79. The second-order valence-corrected chi connectivity index (χ2v) is 7.11. The minimum atomic E-state index is -0.902. The Kier molecular flexibility index (Phi) is 5.73. The summed E-state index contributed by atoms with van der Waals surface area (Å²) in [5, 5.41) is 20.0. The quantitative estimate of drug-likeness (QED) is 0.870. The average Bonchev–Trinajstić information content (AvgIpc) is 2.79. The molecule has 1 aliphatic rings. The van der Waals surface area contributed by atoms with Crippen molar-refractivity contribution in [2.24, 2.45) is 0 Å². The van der Waals surface area contributed by atoms with Crippen LogP contribution >= 0.6 is 0 Å². The van der Waals surface area contributed by atoms with Crippen molar-refractivity contribution in [3.63, 3.8) is 0 Å². The zero-order valence-corrected chi connectivity index (χ0v) is 13.8. The Morgan fingerprint density at radius 1 is 1.30 bits per heavy atom. The molecule has 1 saturated heterocycles. The predicted octanol–water partition coefficient (Wildman–Crippen LogP) is 2.25. The van der Waals surface area contributed by atoms with E-state index >= 15 is 0 Å². The fourth-order valence-electron chi connectivity index (χ4n) is 2.82. The number of aliphatic hydroxyl groups is 2. The van der Waals surface area contributed by atoms with Gasteiger partial charge in [0, 0.05) is 19.1 Å². The Morgan fingerprint density at radius 3 is 2.61 bits per heavy atom. The molecule has 6 heteroatoms. The van der Waals surface area contributed by atoms with E-state index < -0.39 is 23.8 Å². The zero-order chi connectivity index (χ0) is 17.2. The van der Waals surface area contributed by atoms with Gasteiger partial charge in [-0.05, 0) is 44.9 Å². The molecule has 1 aromatic carbocycles. The van der Waals surface area contributed by atoms with Gasteiger partial charge < -0.3 is 14.9 Å². The van der Waals surface area contributed by atoms with Gasteiger partial charge in [-0.2, -0.15) is 0 Å². The van der Waals surface area contributed by atoms with Crippen LogP contribution in [0.3, 0.4) is 0 Å². The maximum atomic E-state index is 13.4. The molecule has 130 valence electrons. The molecule has 3 unspecified atom stereocenters. The Labute approximate surface area is 135 Å². The van der Waals surface area contributed by atoms with Gasteiger partial charge in [-0.15, -0.1) is 0 Å². The molecule has 23 heavy (non-hydrogen) atoms. The summed E-state index contributed by atoms with van der Waals surface area (Å²) in [7, 11) is 0. The lowest BCUT2D eigenvalue weighted by Crippen LogP contribution is -2.37. The number of halogens is 2. The van der Waals surface area contributed by atoms with Crippen molar-refractivity contribution >= 4 is 0 Å². The van der Waals surface area contributed by atoms with E-state index in [0.29, 0.717) is 25.1 Å². The molecule has 3 atom stereocenters. The van der Waals surface area contributed by atoms with Crippen LogP contribution in [0.25, 0.3) is 0 Å². The highest BCUT2D eigenvalue weighted by Gasteiger charge is 2.33. The number of β-amino-alcohol motifs (C(OH)–C–C–N with tert-alkyl or cyclic N) is 2. The van der Waals surface area contributed by atoms with Crippen LogP contribution in [-0.2, 0) is 4.74 Å². The Morgan fingerprint density at radius 2 is 2.00 bits per heavy atom. The van der Waals surface area contributed by atoms with Crippen molar-refractivity contribution in [3.05, 3.63) is 35.4 Å². The summed E-state index contributed by atoms with van der Waals surface area (Å²) in [6.45, 7) is 6.59. The van der Waals surface area contributed by atoms with E-state index in [-0.39, 0.29) is 18.2 Å². The lowest BCUT2D eigenvalue weighted by molar-refractivity contribution is -0.0574. The number of aliphatic hydroxyl groups excluding tert-OH is 2. The molecule has 2 N–H and O–H groups in total. The van der Waals surface area contributed by atoms with E-state index in [2.05, 4.69) is 0 Å². The summed E-state index contributed by atoms with van der Waals surface area (Å²) >= 11 is 0. The molecule has 1 aliphatic heterocycles. The molecular formula is C17H25F2NO3. The highest BCUT2D eigenvalue weighted by Crippen LogP contribution is 2.32. The third-order valence-electron chi connectivity index (χ3n) is 3.86. The van der Waals surface area contributed by atoms with Crippen LogP contribution in [0.1, 0.15) is 38.8 Å². The normalized spacial score (nSPS) is 24.1. The first-order valence-corrected chi connectivity index (χ1v) is 7.85. The lowest BCUT2D eigenvalue weighted by Gasteiger charge is -2.28. The largest absolute Gasteiger partial charge is 0.392 e. The van der Waals surface area contributed by atoms with Crippen molar-refractivity contribution in [2.45, 2.75) is 51.0 Å². The van der Waals surface area contributed by atoms with E-state index in [1.54, 1.807) is 0 Å². The van der Waals surface area contributed by atoms with Crippen LogP contribution in [-0.4, -0.2) is 52.6 Å². The molecular weight excluding hydrogens is 304 g/mol. The smallest absolute Gasteiger partial charge is 0.159 e. The lowest BCUT2D eigenvalue weighted by atomic mass is 10.0. The van der Waals surface area contributed by atoms with Crippen molar-refractivity contribution in [3.8, 4) is 0 Å². The summed E-state index contributed by atoms with van der Waals surface area (Å²) < 4.78 is 32.1. The van der Waals surface area contributed by atoms with Crippen LogP contribution in [0.15, 0.2) is 18.2 Å². The number of nitrogens with zero attached hydrogens (tertiary/aromatic N) is 1. The number of hydrogen-bond acceptors (Lipinski definition) is 4. The molecule has 1 heterocycles. The molecule has 1 aromatic rings. The van der Waals surface area contributed by atoms with Crippen LogP contribution < -0.4 is 0 Å². The molecule has 0 aromatic heterocycles. The molecule has 0 amide bonds. The van der Waals surface area contributed by atoms with Gasteiger partial charge in [0.1, 0.15) is 0 Å². The van der Waals surface area contributed by atoms with E-state index in [1.807, 2.05) is 25.7 Å². The average molecular weight is 329 g/mol. The number of ether oxygens (including phenoxy) is 1. The first kappa shape index (κ1) is 18.3. The number of likely N-dealkylation sites (tertiary alicyclic amines) is 1. The highest BCUT2D eigenvalue weighted by molar-refractivity contribution is 5.22. The van der Waals surface area contributed by atoms with E-state index in [0.717, 1.165) is 12.1 Å². The first-order chi connectivity index (χ1) is 10.7. The Bertz CT molecular complexity index is 533. The van der Waals surface area contributed by atoms with Crippen LogP contribution in [0.2, 0.25) is 0 Å². The fourth-order valence-corrected chi connectivity index (χ4v) is 2.82. The second kappa shape index (κ2) is 7.21. The standard InChI is InChI=1S/C17H25F2NO3/c1-17(2,3)23-10-13(22)9-20-8-12(21)7-16(20)11-4-5-14(18)15(19)6-11/h4-6,12-13,16,21-22H,7-10H2,1-3H3. The summed E-state index contributed by atoms with van der Waals surface area (Å²) in [6.07, 6.45) is -0.839. The molecule has 0 radical (unpaired) electrons. The zero-order valence-electron chi connectivity index (χ0n) is 13.8. The highest BCUT2D eigenvalue weighted by atomic mass is 19.2. The van der Waals surface area contributed by atoms with Crippen LogP contribution in [0, 0.1) is 11.6 Å². The predicted molar refractivity (Wildman–Crippen MR) is 83.0 cm³/mol. The molecule has 2 rings (SSSR count). The molecule has 1 fully saturated rings. The van der Waals surface area contributed by atoms with Crippen molar-refractivity contribution < 1.29 is 23.7 Å². The molecule has 4 nitrogen and oxygen atoms in total. The summed E-state index contributed by atoms with van der Waals surface area (Å²) in [6, 6.07) is 3.52. The maximum absolute atomic E-state index is 13.4. The van der Waals surface area contributed by atoms with Gasteiger partial charge in [-0.25, -0.2) is 8.78 Å². The molecule has 0 spiro atoms. The van der Waals surface area contributed by atoms with E-state index in [4.69, 9.17) is 4.74 Å². The SMILES string of the molecule is CC(C)(C)OCC(O)CN1CC(O)CC1c1ccc(F)c(F)c1. The third-order valence-corrected chi connectivity index (χ3v) is 3.86. The van der Waals surface area contributed by atoms with Crippen LogP contribution in [0.5, 0.6) is 0 Å². The third kappa shape index (κ3) is 5.21. The number of hydrogen-bond donors (Lipinski definition) is 2. The van der Waals surface area contributed by atoms with Gasteiger partial charge in [0.2, 0.25) is 0 Å². The van der Waals surface area contributed by atoms with Crippen LogP contribution in [0.4, 0.5) is 8.78 Å². The monoisotopic (exact) mass is 329 g/mol. The number of benzene rings is 1. The van der Waals surface area contributed by atoms with Gasteiger partial charge >= 0.3 is 0 Å². The molecule has 0 saturated carbocycles. The van der Waals surface area contributed by atoms with Gasteiger partial charge in [0.15, 0.2) is 11.6 Å². The summed E-state index contributed by atoms with van der Waals surface area (Å²) in [5.41, 5.74) is 0.259. The Hall–Kier alpha value is -1.08. The van der Waals surface area contributed by atoms with Crippen molar-refractivity contribution in [2.75, 3.05) is 19.7 Å². The van der Waals surface area contributed by atoms with Crippen molar-refractivity contribution in [1.29, 1.82) is 0 Å². The minimum Gasteiger partial charge on any atom is -0.392 e. The van der Waals surface area contributed by atoms with Crippen molar-refractivity contribution in [1.82, 2.24) is 4.90 Å². The number of rotatable bonds is 5. The van der Waals surface area contributed by atoms with E-state index in [1.165, 1.54) is 6.07 Å².